The molecule has 0 atom stereocenters. The number of halogens is 4. The van der Waals surface area contributed by atoms with Crippen LogP contribution in [0.1, 0.15) is 20.3 Å². The Hall–Kier alpha value is -0.320. The molecule has 0 radical (unpaired) electrons. The SMILES string of the molecule is CC.CN1CCC(F)(F)C(F)(F)C1. The Morgan fingerprint density at radius 2 is 1.46 bits per heavy atom. The van der Waals surface area contributed by atoms with Crippen molar-refractivity contribution in [2.24, 2.45) is 0 Å². The topological polar surface area (TPSA) is 3.24 Å². The van der Waals surface area contributed by atoms with Gasteiger partial charge in [0.25, 0.3) is 0 Å². The maximum Gasteiger partial charge on any atom is 0.322 e. The summed E-state index contributed by atoms with van der Waals surface area (Å²) < 4.78 is 49.6. The van der Waals surface area contributed by atoms with E-state index in [-0.39, 0.29) is 6.54 Å². The molecule has 80 valence electrons. The molecule has 0 amide bonds. The molecule has 0 bridgehead atoms. The minimum atomic E-state index is -3.86. The van der Waals surface area contributed by atoms with Gasteiger partial charge in [-0.25, -0.2) is 0 Å². The Morgan fingerprint density at radius 1 is 1.00 bits per heavy atom. The summed E-state index contributed by atoms with van der Waals surface area (Å²) in [7, 11) is 1.41. The molecular formula is C8H15F4N. The molecule has 0 aromatic heterocycles. The van der Waals surface area contributed by atoms with Gasteiger partial charge in [0.05, 0.1) is 6.54 Å². The van der Waals surface area contributed by atoms with Crippen LogP contribution in [0.15, 0.2) is 0 Å². The minimum Gasteiger partial charge on any atom is -0.300 e. The normalized spacial score (nSPS) is 26.1. The lowest BCUT2D eigenvalue weighted by Gasteiger charge is -2.35. The third-order valence-corrected chi connectivity index (χ3v) is 1.81. The second kappa shape index (κ2) is 4.26. The number of hydrogen-bond acceptors (Lipinski definition) is 1. The molecule has 0 aromatic rings. The Kier molecular flexibility index (Phi) is 4.16. The van der Waals surface area contributed by atoms with Crippen molar-refractivity contribution < 1.29 is 17.6 Å². The first kappa shape index (κ1) is 12.7. The van der Waals surface area contributed by atoms with Crippen molar-refractivity contribution in [3.8, 4) is 0 Å². The highest BCUT2D eigenvalue weighted by molar-refractivity contribution is 4.91. The first-order valence-electron chi connectivity index (χ1n) is 4.29. The second-order valence-electron chi connectivity index (χ2n) is 2.90. The van der Waals surface area contributed by atoms with Gasteiger partial charge >= 0.3 is 11.8 Å². The number of nitrogens with zero attached hydrogens (tertiary/aromatic N) is 1. The Bertz CT molecular complexity index is 158. The van der Waals surface area contributed by atoms with E-state index in [9.17, 15) is 17.6 Å². The summed E-state index contributed by atoms with van der Waals surface area (Å²) in [6.07, 6.45) is -0.753. The first-order valence-corrected chi connectivity index (χ1v) is 4.29. The highest BCUT2D eigenvalue weighted by Gasteiger charge is 2.58. The summed E-state index contributed by atoms with van der Waals surface area (Å²) in [4.78, 5) is 1.21. The standard InChI is InChI=1S/C6H9F4N.C2H6/c1-11-3-2-5(7,8)6(9,10)4-11;1-2/h2-4H2,1H3;1-2H3. The van der Waals surface area contributed by atoms with E-state index in [1.165, 1.54) is 11.9 Å². The zero-order chi connectivity index (χ0) is 10.7. The van der Waals surface area contributed by atoms with Gasteiger partial charge in [-0.3, -0.25) is 0 Å². The molecular weight excluding hydrogens is 186 g/mol. The van der Waals surface area contributed by atoms with Crippen molar-refractivity contribution >= 4 is 0 Å². The monoisotopic (exact) mass is 201 g/mol. The molecule has 0 saturated carbocycles. The van der Waals surface area contributed by atoms with Crippen molar-refractivity contribution in [2.75, 3.05) is 20.1 Å². The lowest BCUT2D eigenvalue weighted by atomic mass is 10.0. The quantitative estimate of drug-likeness (QED) is 0.544. The fourth-order valence-corrected chi connectivity index (χ4v) is 1.05. The van der Waals surface area contributed by atoms with Gasteiger partial charge in [0.1, 0.15) is 0 Å². The fourth-order valence-electron chi connectivity index (χ4n) is 1.05. The molecule has 0 unspecified atom stereocenters. The molecule has 1 aliphatic heterocycles. The summed E-state index contributed by atoms with van der Waals surface area (Å²) in [5.41, 5.74) is 0. The molecule has 5 heteroatoms. The number of piperidine rings is 1. The number of likely N-dealkylation sites (tertiary alicyclic amines) is 1. The molecule has 0 aliphatic carbocycles. The van der Waals surface area contributed by atoms with Crippen molar-refractivity contribution in [3.05, 3.63) is 0 Å². The molecule has 0 aromatic carbocycles. The maximum absolute atomic E-state index is 12.4. The maximum atomic E-state index is 12.4. The lowest BCUT2D eigenvalue weighted by molar-refractivity contribution is -0.237. The van der Waals surface area contributed by atoms with Crippen LogP contribution in [-0.2, 0) is 0 Å². The van der Waals surface area contributed by atoms with Crippen LogP contribution in [0.25, 0.3) is 0 Å². The van der Waals surface area contributed by atoms with Crippen LogP contribution in [0.4, 0.5) is 17.6 Å². The average Bonchev–Trinajstić information content (AvgIpc) is 2.02. The van der Waals surface area contributed by atoms with E-state index < -0.39 is 24.8 Å². The van der Waals surface area contributed by atoms with Gasteiger partial charge < -0.3 is 4.90 Å². The summed E-state index contributed by atoms with van der Waals surface area (Å²) in [5.74, 6) is -7.68. The van der Waals surface area contributed by atoms with Gasteiger partial charge in [-0.05, 0) is 7.05 Å². The third kappa shape index (κ3) is 2.83. The van der Waals surface area contributed by atoms with Crippen LogP contribution >= 0.6 is 0 Å². The molecule has 1 fully saturated rings. The van der Waals surface area contributed by atoms with Crippen LogP contribution in [-0.4, -0.2) is 36.9 Å². The molecule has 13 heavy (non-hydrogen) atoms. The second-order valence-corrected chi connectivity index (χ2v) is 2.90. The lowest BCUT2D eigenvalue weighted by Crippen LogP contribution is -2.54. The van der Waals surface area contributed by atoms with E-state index in [4.69, 9.17) is 0 Å². The van der Waals surface area contributed by atoms with Crippen LogP contribution in [0.2, 0.25) is 0 Å². The van der Waals surface area contributed by atoms with Crippen LogP contribution in [0.3, 0.4) is 0 Å². The van der Waals surface area contributed by atoms with Gasteiger partial charge in [-0.1, -0.05) is 13.8 Å². The third-order valence-electron chi connectivity index (χ3n) is 1.81. The van der Waals surface area contributed by atoms with Crippen molar-refractivity contribution in [3.63, 3.8) is 0 Å². The molecule has 1 aliphatic rings. The van der Waals surface area contributed by atoms with Crippen molar-refractivity contribution in [1.29, 1.82) is 0 Å². The molecule has 1 nitrogen and oxygen atoms in total. The highest BCUT2D eigenvalue weighted by atomic mass is 19.3. The zero-order valence-electron chi connectivity index (χ0n) is 8.08. The molecule has 1 rings (SSSR count). The summed E-state index contributed by atoms with van der Waals surface area (Å²) in [6.45, 7) is 3.18. The molecule has 1 heterocycles. The van der Waals surface area contributed by atoms with Crippen LogP contribution in [0.5, 0.6) is 0 Å². The van der Waals surface area contributed by atoms with Gasteiger partial charge in [0.15, 0.2) is 0 Å². The molecule has 0 spiro atoms. The molecule has 1 saturated heterocycles. The first-order chi connectivity index (χ1) is 5.85. The van der Waals surface area contributed by atoms with E-state index in [0.717, 1.165) is 0 Å². The van der Waals surface area contributed by atoms with Crippen LogP contribution < -0.4 is 0 Å². The predicted octanol–water partition coefficient (Wildman–Crippen LogP) is 2.62. The average molecular weight is 201 g/mol. The smallest absolute Gasteiger partial charge is 0.300 e. The Labute approximate surface area is 75.7 Å². The summed E-state index contributed by atoms with van der Waals surface area (Å²) in [5, 5.41) is 0. The van der Waals surface area contributed by atoms with Gasteiger partial charge in [0.2, 0.25) is 0 Å². The van der Waals surface area contributed by atoms with E-state index in [2.05, 4.69) is 0 Å². The summed E-state index contributed by atoms with van der Waals surface area (Å²) in [6, 6.07) is 0. The largest absolute Gasteiger partial charge is 0.322 e. The highest BCUT2D eigenvalue weighted by Crippen LogP contribution is 2.40. The van der Waals surface area contributed by atoms with Crippen LogP contribution in [0, 0.1) is 0 Å². The predicted molar refractivity (Wildman–Crippen MR) is 43.4 cm³/mol. The van der Waals surface area contributed by atoms with E-state index in [1.807, 2.05) is 13.8 Å². The molecule has 0 N–H and O–H groups in total. The number of hydrogen-bond donors (Lipinski definition) is 0. The van der Waals surface area contributed by atoms with Gasteiger partial charge in [-0.2, -0.15) is 17.6 Å². The minimum absolute atomic E-state index is 0.0303. The Balaban J connectivity index is 0.000000671. The van der Waals surface area contributed by atoms with E-state index >= 15 is 0 Å². The number of rotatable bonds is 0. The van der Waals surface area contributed by atoms with Crippen molar-refractivity contribution in [2.45, 2.75) is 32.1 Å². The van der Waals surface area contributed by atoms with Crippen molar-refractivity contribution in [1.82, 2.24) is 4.90 Å². The van der Waals surface area contributed by atoms with Gasteiger partial charge in [-0.15, -0.1) is 0 Å². The Morgan fingerprint density at radius 3 is 1.77 bits per heavy atom. The summed E-state index contributed by atoms with van der Waals surface area (Å²) >= 11 is 0. The van der Waals surface area contributed by atoms with E-state index in [1.54, 1.807) is 0 Å². The zero-order valence-corrected chi connectivity index (χ0v) is 8.08. The fraction of sp³-hybridized carbons (Fsp3) is 1.00. The van der Waals surface area contributed by atoms with Gasteiger partial charge in [0, 0.05) is 13.0 Å². The number of alkyl halides is 4. The van der Waals surface area contributed by atoms with E-state index in [0.29, 0.717) is 0 Å².